The molecular weight excluding hydrogens is 156 g/mol. The molecular formula is C9H8O3. The molecule has 1 aromatic carbocycles. The second-order valence-corrected chi connectivity index (χ2v) is 2.84. The molecule has 3 nitrogen and oxygen atoms in total. The zero-order valence-corrected chi connectivity index (χ0v) is 6.93. The van der Waals surface area contributed by atoms with Crippen LogP contribution in [0.2, 0.25) is 0 Å². The smallest absolute Gasteiger partial charge is 0.237 e. The molecule has 0 unspecified atom stereocenters. The summed E-state index contributed by atoms with van der Waals surface area (Å²) in [4.78, 5) is 33.2. The van der Waals surface area contributed by atoms with Crippen LogP contribution < -0.4 is 26.7 Å². The summed E-state index contributed by atoms with van der Waals surface area (Å²) >= 11 is 0. The van der Waals surface area contributed by atoms with Crippen LogP contribution in [0.15, 0.2) is 14.4 Å². The first-order valence-corrected chi connectivity index (χ1v) is 3.47. The summed E-state index contributed by atoms with van der Waals surface area (Å²) in [5, 5.41) is -0.221. The third-order valence-electron chi connectivity index (χ3n) is 1.71. The van der Waals surface area contributed by atoms with Gasteiger partial charge in [-0.15, -0.1) is 0 Å². The molecule has 0 N–H and O–H groups in total. The highest BCUT2D eigenvalue weighted by Gasteiger charge is 2.06. The van der Waals surface area contributed by atoms with Gasteiger partial charge in [0, 0.05) is 0 Å². The van der Waals surface area contributed by atoms with E-state index in [9.17, 15) is 14.4 Å². The highest BCUT2D eigenvalue weighted by Crippen LogP contribution is 1.77. The summed E-state index contributed by atoms with van der Waals surface area (Å²) in [6.45, 7) is 6.49. The van der Waals surface area contributed by atoms with Crippen molar-refractivity contribution in [3.8, 4) is 0 Å². The number of hydrogen-bond acceptors (Lipinski definition) is 3. The molecule has 0 aliphatic rings. The summed E-state index contributed by atoms with van der Waals surface area (Å²) in [5.74, 6) is 0. The van der Waals surface area contributed by atoms with Gasteiger partial charge in [-0.25, -0.2) is 0 Å². The summed E-state index contributed by atoms with van der Waals surface area (Å²) in [6.07, 6.45) is 0. The maximum absolute atomic E-state index is 11.2. The Hall–Kier alpha value is -1.51. The lowest BCUT2D eigenvalue weighted by Gasteiger charge is -1.78. The van der Waals surface area contributed by atoms with E-state index in [1.54, 1.807) is 13.8 Å². The second kappa shape index (κ2) is 2.52. The lowest BCUT2D eigenvalue weighted by molar-refractivity contribution is 1.44. The van der Waals surface area contributed by atoms with Gasteiger partial charge in [0.2, 0.25) is 16.3 Å². The highest BCUT2D eigenvalue weighted by molar-refractivity contribution is 5.39. The maximum Gasteiger partial charge on any atom is 0.237 e. The minimum atomic E-state index is -0.767. The Morgan fingerprint density at radius 2 is 1.50 bits per heavy atom. The largest absolute Gasteiger partial charge is 0.288 e. The van der Waals surface area contributed by atoms with Crippen molar-refractivity contribution in [1.82, 2.24) is 0 Å². The van der Waals surface area contributed by atoms with Crippen LogP contribution in [0.25, 0.3) is 12.2 Å². The quantitative estimate of drug-likeness (QED) is 0.427. The van der Waals surface area contributed by atoms with Crippen LogP contribution >= 0.6 is 0 Å². The molecule has 0 heterocycles. The maximum atomic E-state index is 11.2. The third kappa shape index (κ3) is 0.942. The molecule has 0 fully saturated rings. The van der Waals surface area contributed by atoms with Crippen LogP contribution in [0.5, 0.6) is 0 Å². The topological polar surface area (TPSA) is 51.2 Å². The normalized spacial score (nSPS) is 10.2. The Bertz CT molecular complexity index is 508. The molecule has 1 aromatic rings. The van der Waals surface area contributed by atoms with E-state index in [0.29, 0.717) is 5.57 Å². The van der Waals surface area contributed by atoms with E-state index in [1.165, 1.54) is 0 Å². The van der Waals surface area contributed by atoms with E-state index in [0.717, 1.165) is 0 Å². The predicted molar refractivity (Wildman–Crippen MR) is 47.2 cm³/mol. The Morgan fingerprint density at radius 1 is 1.00 bits per heavy atom. The predicted octanol–water partition coefficient (Wildman–Crippen LogP) is -1.76. The van der Waals surface area contributed by atoms with Gasteiger partial charge < -0.3 is 0 Å². The summed E-state index contributed by atoms with van der Waals surface area (Å²) < 4.78 is 0. The molecule has 0 saturated carbocycles. The van der Waals surface area contributed by atoms with Gasteiger partial charge >= 0.3 is 0 Å². The van der Waals surface area contributed by atoms with E-state index in [1.807, 2.05) is 0 Å². The second-order valence-electron chi connectivity index (χ2n) is 2.84. The average Bonchev–Trinajstić information content (AvgIpc) is 2.16. The van der Waals surface area contributed by atoms with Gasteiger partial charge in [-0.2, -0.15) is 0 Å². The summed E-state index contributed by atoms with van der Waals surface area (Å²) in [7, 11) is 0. The lowest BCUT2D eigenvalue weighted by atomic mass is 10.3. The number of hydrogen-bond donors (Lipinski definition) is 0. The van der Waals surface area contributed by atoms with Gasteiger partial charge in [0.15, 0.2) is 0 Å². The summed E-state index contributed by atoms with van der Waals surface area (Å²) in [6, 6.07) is 0. The molecule has 0 aliphatic heterocycles. The molecule has 0 amide bonds. The fourth-order valence-corrected chi connectivity index (χ4v) is 1.06. The van der Waals surface area contributed by atoms with Gasteiger partial charge in [-0.3, -0.25) is 14.4 Å². The van der Waals surface area contributed by atoms with Crippen molar-refractivity contribution < 1.29 is 0 Å². The fraction of sp³-hybridized carbons (Fsp3) is 0.222. The third-order valence-corrected chi connectivity index (χ3v) is 1.71. The Morgan fingerprint density at radius 3 is 1.67 bits per heavy atom. The Labute approximate surface area is 68.0 Å². The van der Waals surface area contributed by atoms with Gasteiger partial charge in [0.25, 0.3) is 0 Å². The van der Waals surface area contributed by atoms with Gasteiger partial charge in [0.1, 0.15) is 0 Å². The fourth-order valence-electron chi connectivity index (χ4n) is 1.06. The molecule has 0 aromatic heterocycles. The van der Waals surface area contributed by atoms with Crippen molar-refractivity contribution in [3.63, 3.8) is 0 Å². The molecule has 0 radical (unpaired) electrons. The minimum Gasteiger partial charge on any atom is -0.288 e. The monoisotopic (exact) mass is 164 g/mol. The Kier molecular flexibility index (Phi) is 1.80. The zero-order chi connectivity index (χ0) is 9.46. The van der Waals surface area contributed by atoms with Crippen LogP contribution in [-0.4, -0.2) is 0 Å². The number of rotatable bonds is 0. The molecule has 0 aliphatic carbocycles. The molecule has 0 saturated heterocycles. The van der Waals surface area contributed by atoms with Crippen LogP contribution in [0.3, 0.4) is 0 Å². The van der Waals surface area contributed by atoms with Crippen molar-refractivity contribution in [2.24, 2.45) is 0 Å². The molecule has 62 valence electrons. The van der Waals surface area contributed by atoms with Crippen molar-refractivity contribution in [2.45, 2.75) is 13.8 Å². The van der Waals surface area contributed by atoms with E-state index in [4.69, 9.17) is 0 Å². The van der Waals surface area contributed by atoms with Gasteiger partial charge in [-0.05, 0) is 13.8 Å². The molecule has 0 bridgehead atoms. The molecule has 0 atom stereocenters. The van der Waals surface area contributed by atoms with E-state index < -0.39 is 16.3 Å². The van der Waals surface area contributed by atoms with Crippen molar-refractivity contribution in [3.05, 3.63) is 41.1 Å². The zero-order valence-electron chi connectivity index (χ0n) is 6.93. The highest BCUT2D eigenvalue weighted by atomic mass is 16.2. The molecule has 3 heteroatoms. The van der Waals surface area contributed by atoms with Gasteiger partial charge in [-0.1, -0.05) is 12.2 Å². The lowest BCUT2D eigenvalue weighted by Crippen LogP contribution is -2.37. The van der Waals surface area contributed by atoms with Gasteiger partial charge in [0.05, 0.1) is 10.4 Å². The Balaban J connectivity index is 4.32. The van der Waals surface area contributed by atoms with Crippen molar-refractivity contribution >= 4 is 12.2 Å². The summed E-state index contributed by atoms with van der Waals surface area (Å²) in [5.41, 5.74) is -1.44. The van der Waals surface area contributed by atoms with Crippen LogP contribution in [0.4, 0.5) is 0 Å². The minimum absolute atomic E-state index is 0.00926. The van der Waals surface area contributed by atoms with E-state index in [2.05, 4.69) is 6.58 Å². The first-order chi connectivity index (χ1) is 5.46. The standard InChI is InChI=1S/C9H8O3/c1-4(2)6-7(10)5(3)8(11)9(6)12/h3H2,1-2H3. The first-order valence-electron chi connectivity index (χ1n) is 3.47. The average molecular weight is 164 g/mol. The molecule has 1 rings (SSSR count). The van der Waals surface area contributed by atoms with Crippen LogP contribution in [-0.2, 0) is 0 Å². The van der Waals surface area contributed by atoms with Crippen molar-refractivity contribution in [2.75, 3.05) is 0 Å². The van der Waals surface area contributed by atoms with E-state index in [-0.39, 0.29) is 10.4 Å². The first kappa shape index (κ1) is 8.59. The SMILES string of the molecule is C=c1c(=O)c(=O)c(=C(C)C)c1=O. The van der Waals surface area contributed by atoms with E-state index >= 15 is 0 Å². The van der Waals surface area contributed by atoms with Crippen molar-refractivity contribution in [1.29, 1.82) is 0 Å². The molecule has 12 heavy (non-hydrogen) atoms. The molecule has 0 spiro atoms. The van der Waals surface area contributed by atoms with Crippen LogP contribution in [0.1, 0.15) is 13.8 Å². The van der Waals surface area contributed by atoms with Crippen LogP contribution in [0, 0.1) is 0 Å².